The summed E-state index contributed by atoms with van der Waals surface area (Å²) in [5.74, 6) is -0.260. The van der Waals surface area contributed by atoms with Crippen LogP contribution in [0, 0.1) is 0 Å². The summed E-state index contributed by atoms with van der Waals surface area (Å²) < 4.78 is 4.80. The fourth-order valence-corrected chi connectivity index (χ4v) is 3.13. The van der Waals surface area contributed by atoms with Gasteiger partial charge in [0.05, 0.1) is 17.7 Å². The highest BCUT2D eigenvalue weighted by Crippen LogP contribution is 2.32. The van der Waals surface area contributed by atoms with Crippen LogP contribution in [0.5, 0.6) is 0 Å². The number of thiophene rings is 1. The molecule has 0 bridgehead atoms. The summed E-state index contributed by atoms with van der Waals surface area (Å²) >= 11 is 3.14. The number of carbonyl (C=O) groups is 1. The van der Waals surface area contributed by atoms with E-state index in [2.05, 4.69) is 4.98 Å². The Morgan fingerprint density at radius 2 is 2.18 bits per heavy atom. The second-order valence-corrected chi connectivity index (χ2v) is 5.94. The van der Waals surface area contributed by atoms with Crippen LogP contribution in [-0.4, -0.2) is 18.1 Å². The Morgan fingerprint density at radius 3 is 2.76 bits per heavy atom. The molecule has 2 heterocycles. The predicted molar refractivity (Wildman–Crippen MR) is 70.5 cm³/mol. The minimum Gasteiger partial charge on any atom is -0.468 e. The molecule has 0 aliphatic rings. The first-order valence-electron chi connectivity index (χ1n) is 5.14. The van der Waals surface area contributed by atoms with Crippen LogP contribution in [0.15, 0.2) is 22.9 Å². The number of aromatic nitrogens is 1. The number of thiazole rings is 1. The molecule has 0 amide bonds. The maximum atomic E-state index is 11.7. The molecular weight excluding hydrogens is 254 g/mol. The van der Waals surface area contributed by atoms with E-state index >= 15 is 0 Å². The van der Waals surface area contributed by atoms with Crippen molar-refractivity contribution < 1.29 is 9.53 Å². The molecule has 17 heavy (non-hydrogen) atoms. The van der Waals surface area contributed by atoms with E-state index in [9.17, 15) is 4.79 Å². The normalized spacial score (nSPS) is 11.5. The van der Waals surface area contributed by atoms with Crippen molar-refractivity contribution in [2.45, 2.75) is 19.3 Å². The molecule has 0 atom stereocenters. The van der Waals surface area contributed by atoms with Crippen LogP contribution in [0.4, 0.5) is 0 Å². The van der Waals surface area contributed by atoms with Crippen molar-refractivity contribution in [1.29, 1.82) is 0 Å². The predicted octanol–water partition coefficient (Wildman–Crippen LogP) is 3.32. The summed E-state index contributed by atoms with van der Waals surface area (Å²) in [4.78, 5) is 17.3. The van der Waals surface area contributed by atoms with Gasteiger partial charge in [0, 0.05) is 5.38 Å². The van der Waals surface area contributed by atoms with Crippen LogP contribution in [0.1, 0.15) is 18.9 Å². The van der Waals surface area contributed by atoms with Crippen LogP contribution >= 0.6 is 22.7 Å². The number of hydrogen-bond donors (Lipinski definition) is 0. The number of hydrogen-bond acceptors (Lipinski definition) is 5. The zero-order chi connectivity index (χ0) is 12.5. The van der Waals surface area contributed by atoms with Gasteiger partial charge in [0.2, 0.25) is 0 Å². The van der Waals surface area contributed by atoms with Gasteiger partial charge in [0.1, 0.15) is 10.4 Å². The topological polar surface area (TPSA) is 39.2 Å². The van der Waals surface area contributed by atoms with E-state index in [1.54, 1.807) is 11.3 Å². The SMILES string of the molecule is COC(=O)C(C)(C)c1nc(-c2cccs2)cs1. The van der Waals surface area contributed by atoms with Gasteiger partial charge >= 0.3 is 5.97 Å². The highest BCUT2D eigenvalue weighted by atomic mass is 32.1. The number of ether oxygens (including phenoxy) is 1. The van der Waals surface area contributed by atoms with Crippen LogP contribution in [-0.2, 0) is 14.9 Å². The van der Waals surface area contributed by atoms with Gasteiger partial charge in [-0.15, -0.1) is 22.7 Å². The summed E-state index contributed by atoms with van der Waals surface area (Å²) in [6.45, 7) is 3.66. The van der Waals surface area contributed by atoms with Crippen molar-refractivity contribution in [2.24, 2.45) is 0 Å². The fraction of sp³-hybridized carbons (Fsp3) is 0.333. The van der Waals surface area contributed by atoms with Gasteiger partial charge in [-0.05, 0) is 25.3 Å². The smallest absolute Gasteiger partial charge is 0.318 e. The number of rotatable bonds is 3. The molecule has 0 aromatic carbocycles. The van der Waals surface area contributed by atoms with E-state index in [-0.39, 0.29) is 5.97 Å². The molecule has 3 nitrogen and oxygen atoms in total. The highest BCUT2D eigenvalue weighted by molar-refractivity contribution is 7.14. The number of carbonyl (C=O) groups excluding carboxylic acids is 1. The number of esters is 1. The molecule has 0 spiro atoms. The van der Waals surface area contributed by atoms with Crippen LogP contribution in [0.3, 0.4) is 0 Å². The monoisotopic (exact) mass is 267 g/mol. The Bertz CT molecular complexity index is 514. The minimum atomic E-state index is -0.686. The molecule has 0 saturated carbocycles. The summed E-state index contributed by atoms with van der Waals surface area (Å²) in [5, 5.41) is 4.78. The quantitative estimate of drug-likeness (QED) is 0.801. The van der Waals surface area contributed by atoms with E-state index in [1.165, 1.54) is 18.4 Å². The zero-order valence-corrected chi connectivity index (χ0v) is 11.5. The Morgan fingerprint density at radius 1 is 1.41 bits per heavy atom. The van der Waals surface area contributed by atoms with Gasteiger partial charge in [-0.2, -0.15) is 0 Å². The third-order valence-corrected chi connectivity index (χ3v) is 4.57. The van der Waals surface area contributed by atoms with E-state index < -0.39 is 5.41 Å². The van der Waals surface area contributed by atoms with Gasteiger partial charge in [-0.3, -0.25) is 4.79 Å². The van der Waals surface area contributed by atoms with Crippen LogP contribution in [0.25, 0.3) is 10.6 Å². The fourth-order valence-electron chi connectivity index (χ4n) is 1.44. The molecule has 2 rings (SSSR count). The maximum Gasteiger partial charge on any atom is 0.318 e. The van der Waals surface area contributed by atoms with Gasteiger partial charge in [-0.1, -0.05) is 6.07 Å². The molecule has 0 radical (unpaired) electrons. The highest BCUT2D eigenvalue weighted by Gasteiger charge is 2.34. The second-order valence-electron chi connectivity index (χ2n) is 4.13. The summed E-state index contributed by atoms with van der Waals surface area (Å²) in [6.07, 6.45) is 0. The maximum absolute atomic E-state index is 11.7. The lowest BCUT2D eigenvalue weighted by molar-refractivity contribution is -0.146. The lowest BCUT2D eigenvalue weighted by Crippen LogP contribution is -2.30. The van der Waals surface area contributed by atoms with Gasteiger partial charge < -0.3 is 4.74 Å². The summed E-state index contributed by atoms with van der Waals surface area (Å²) in [6, 6.07) is 4.01. The van der Waals surface area contributed by atoms with Crippen molar-refractivity contribution in [3.8, 4) is 10.6 Å². The second kappa shape index (κ2) is 4.58. The molecule has 0 aliphatic carbocycles. The largest absolute Gasteiger partial charge is 0.468 e. The molecule has 0 N–H and O–H groups in total. The average Bonchev–Trinajstić information content (AvgIpc) is 2.97. The standard InChI is InChI=1S/C12H13NO2S2/c1-12(2,11(14)15-3)10-13-8(7-17-10)9-5-4-6-16-9/h4-7H,1-3H3. The molecule has 5 heteroatoms. The van der Waals surface area contributed by atoms with Crippen molar-refractivity contribution in [2.75, 3.05) is 7.11 Å². The zero-order valence-electron chi connectivity index (χ0n) is 9.89. The molecule has 0 fully saturated rings. The molecule has 0 saturated heterocycles. The average molecular weight is 267 g/mol. The summed E-state index contributed by atoms with van der Waals surface area (Å²) in [7, 11) is 1.40. The number of nitrogens with zero attached hydrogens (tertiary/aromatic N) is 1. The van der Waals surface area contributed by atoms with E-state index in [0.717, 1.165) is 15.6 Å². The Balaban J connectivity index is 2.33. The molecular formula is C12H13NO2S2. The Hall–Kier alpha value is -1.20. The first kappa shape index (κ1) is 12.3. The lowest BCUT2D eigenvalue weighted by Gasteiger charge is -2.17. The number of methoxy groups -OCH3 is 1. The van der Waals surface area contributed by atoms with Crippen molar-refractivity contribution in [3.63, 3.8) is 0 Å². The third-order valence-electron chi connectivity index (χ3n) is 2.51. The molecule has 0 aliphatic heterocycles. The Kier molecular flexibility index (Phi) is 3.31. The van der Waals surface area contributed by atoms with E-state index in [1.807, 2.05) is 36.7 Å². The van der Waals surface area contributed by atoms with Crippen LogP contribution < -0.4 is 0 Å². The van der Waals surface area contributed by atoms with Crippen molar-refractivity contribution in [3.05, 3.63) is 27.9 Å². The first-order valence-corrected chi connectivity index (χ1v) is 6.90. The van der Waals surface area contributed by atoms with Gasteiger partial charge in [-0.25, -0.2) is 4.98 Å². The van der Waals surface area contributed by atoms with Gasteiger partial charge in [0.15, 0.2) is 0 Å². The first-order chi connectivity index (χ1) is 8.05. The van der Waals surface area contributed by atoms with Gasteiger partial charge in [0.25, 0.3) is 0 Å². The lowest BCUT2D eigenvalue weighted by atomic mass is 9.95. The molecule has 90 valence electrons. The van der Waals surface area contributed by atoms with E-state index in [4.69, 9.17) is 4.74 Å². The Labute approximate surface area is 108 Å². The van der Waals surface area contributed by atoms with E-state index in [0.29, 0.717) is 0 Å². The van der Waals surface area contributed by atoms with Crippen molar-refractivity contribution >= 4 is 28.6 Å². The molecule has 0 unspecified atom stereocenters. The summed E-state index contributed by atoms with van der Waals surface area (Å²) in [5.41, 5.74) is 0.242. The molecule has 2 aromatic heterocycles. The van der Waals surface area contributed by atoms with Crippen molar-refractivity contribution in [1.82, 2.24) is 4.98 Å². The third kappa shape index (κ3) is 2.25. The minimum absolute atomic E-state index is 0.260. The van der Waals surface area contributed by atoms with Crippen LogP contribution in [0.2, 0.25) is 0 Å². The molecule has 2 aromatic rings.